The van der Waals surface area contributed by atoms with Crippen LogP contribution >= 0.6 is 11.6 Å². The van der Waals surface area contributed by atoms with Crippen molar-refractivity contribution in [3.05, 3.63) is 63.5 Å². The van der Waals surface area contributed by atoms with Gasteiger partial charge in [0, 0.05) is 11.1 Å². The van der Waals surface area contributed by atoms with Crippen LogP contribution in [0.1, 0.15) is 19.5 Å². The van der Waals surface area contributed by atoms with Crippen molar-refractivity contribution in [1.82, 2.24) is 10.2 Å². The first-order valence-corrected chi connectivity index (χ1v) is 9.00. The Morgan fingerprint density at radius 2 is 1.96 bits per heavy atom. The van der Waals surface area contributed by atoms with E-state index in [2.05, 4.69) is 29.4 Å². The van der Waals surface area contributed by atoms with Crippen LogP contribution < -0.4 is 15.6 Å². The van der Waals surface area contributed by atoms with E-state index in [1.807, 2.05) is 0 Å². The number of H-pyrrole nitrogens is 1. The second-order valence-corrected chi connectivity index (χ2v) is 7.03. The molecule has 3 rings (SSSR count). The number of aromatic nitrogens is 2. The van der Waals surface area contributed by atoms with Gasteiger partial charge in [0.15, 0.2) is 0 Å². The highest BCUT2D eigenvalue weighted by Crippen LogP contribution is 2.28. The van der Waals surface area contributed by atoms with Gasteiger partial charge in [-0.2, -0.15) is 5.10 Å². The van der Waals surface area contributed by atoms with Crippen LogP contribution in [-0.4, -0.2) is 22.7 Å². The van der Waals surface area contributed by atoms with Gasteiger partial charge in [0.05, 0.1) is 29.1 Å². The van der Waals surface area contributed by atoms with Crippen LogP contribution in [0.3, 0.4) is 0 Å². The van der Waals surface area contributed by atoms with Crippen molar-refractivity contribution in [3.63, 3.8) is 0 Å². The second kappa shape index (κ2) is 8.22. The number of anilines is 1. The number of fused-ring (bicyclic) bond motifs is 1. The quantitative estimate of drug-likeness (QED) is 0.676. The molecule has 0 aliphatic carbocycles. The van der Waals surface area contributed by atoms with E-state index in [1.165, 1.54) is 0 Å². The highest BCUT2D eigenvalue weighted by atomic mass is 35.5. The van der Waals surface area contributed by atoms with Gasteiger partial charge in [-0.05, 0) is 30.2 Å². The minimum atomic E-state index is -0.279. The number of hydrogen-bond donors (Lipinski definition) is 2. The molecule has 0 atom stereocenters. The maximum Gasteiger partial charge on any atom is 0.272 e. The first-order valence-electron chi connectivity index (χ1n) is 8.62. The molecular formula is C20H20ClN3O3. The fourth-order valence-corrected chi connectivity index (χ4v) is 2.85. The average Bonchev–Trinajstić information content (AvgIpc) is 2.63. The maximum absolute atomic E-state index is 12.4. The van der Waals surface area contributed by atoms with E-state index in [0.29, 0.717) is 45.5 Å². The first-order chi connectivity index (χ1) is 12.9. The van der Waals surface area contributed by atoms with Gasteiger partial charge in [-0.1, -0.05) is 43.6 Å². The Balaban J connectivity index is 1.72. The van der Waals surface area contributed by atoms with E-state index < -0.39 is 0 Å². The Kier molecular flexibility index (Phi) is 5.76. The zero-order valence-corrected chi connectivity index (χ0v) is 15.8. The summed E-state index contributed by atoms with van der Waals surface area (Å²) in [5, 5.41) is 10.8. The van der Waals surface area contributed by atoms with Crippen LogP contribution in [0.25, 0.3) is 10.8 Å². The van der Waals surface area contributed by atoms with Crippen LogP contribution in [0.4, 0.5) is 5.69 Å². The van der Waals surface area contributed by atoms with E-state index in [-0.39, 0.29) is 17.9 Å². The summed E-state index contributed by atoms with van der Waals surface area (Å²) >= 11 is 6.22. The standard InChI is InChI=1S/C20H20ClN3O3/c1-12(2)11-27-18-8-7-13(9-16(18)21)22-19(25)10-17-14-5-3-4-6-15(14)20(26)24-23-17/h3-9,12H,10-11H2,1-2H3,(H,22,25)(H,24,26). The molecule has 0 radical (unpaired) electrons. The number of rotatable bonds is 6. The zero-order chi connectivity index (χ0) is 19.4. The molecule has 0 fully saturated rings. The van der Waals surface area contributed by atoms with Gasteiger partial charge in [0.2, 0.25) is 5.91 Å². The normalized spacial score (nSPS) is 11.0. The number of halogens is 1. The lowest BCUT2D eigenvalue weighted by atomic mass is 10.1. The monoisotopic (exact) mass is 385 g/mol. The van der Waals surface area contributed by atoms with Crippen molar-refractivity contribution in [2.75, 3.05) is 11.9 Å². The number of benzene rings is 2. The van der Waals surface area contributed by atoms with Crippen LogP contribution in [0.15, 0.2) is 47.3 Å². The zero-order valence-electron chi connectivity index (χ0n) is 15.1. The molecule has 1 amide bonds. The number of nitrogens with one attached hydrogen (secondary N) is 2. The second-order valence-electron chi connectivity index (χ2n) is 6.62. The van der Waals surface area contributed by atoms with Gasteiger partial charge in [0.25, 0.3) is 5.56 Å². The molecule has 0 bridgehead atoms. The molecule has 2 aromatic carbocycles. The maximum atomic E-state index is 12.4. The molecule has 0 saturated carbocycles. The Hall–Kier alpha value is -2.86. The Morgan fingerprint density at radius 3 is 2.67 bits per heavy atom. The van der Waals surface area contributed by atoms with E-state index in [9.17, 15) is 9.59 Å². The van der Waals surface area contributed by atoms with Gasteiger partial charge in [-0.25, -0.2) is 5.10 Å². The lowest BCUT2D eigenvalue weighted by Crippen LogP contribution is -2.18. The van der Waals surface area contributed by atoms with Gasteiger partial charge in [-0.15, -0.1) is 0 Å². The number of hydrogen-bond acceptors (Lipinski definition) is 4. The average molecular weight is 386 g/mol. The molecule has 2 N–H and O–H groups in total. The van der Waals surface area contributed by atoms with Crippen LogP contribution in [0.5, 0.6) is 5.75 Å². The van der Waals surface area contributed by atoms with Crippen molar-refractivity contribution < 1.29 is 9.53 Å². The number of carbonyl (C=O) groups excluding carboxylic acids is 1. The van der Waals surface area contributed by atoms with Crippen molar-refractivity contribution in [2.24, 2.45) is 5.92 Å². The predicted molar refractivity (Wildman–Crippen MR) is 106 cm³/mol. The largest absolute Gasteiger partial charge is 0.492 e. The Labute approximate surface area is 161 Å². The number of ether oxygens (including phenoxy) is 1. The molecule has 0 aliphatic heterocycles. The van der Waals surface area contributed by atoms with Crippen molar-refractivity contribution >= 4 is 34.0 Å². The third kappa shape index (κ3) is 4.65. The summed E-state index contributed by atoms with van der Waals surface area (Å²) in [6, 6.07) is 12.2. The molecule has 3 aromatic rings. The summed E-state index contributed by atoms with van der Waals surface area (Å²) in [6.07, 6.45) is 0.0283. The van der Waals surface area contributed by atoms with E-state index in [0.717, 1.165) is 0 Å². The van der Waals surface area contributed by atoms with Gasteiger partial charge >= 0.3 is 0 Å². The molecule has 0 aliphatic rings. The van der Waals surface area contributed by atoms with Crippen LogP contribution in [0.2, 0.25) is 5.02 Å². The molecule has 6 nitrogen and oxygen atoms in total. The lowest BCUT2D eigenvalue weighted by Gasteiger charge is -2.12. The number of amides is 1. The van der Waals surface area contributed by atoms with Gasteiger partial charge < -0.3 is 10.1 Å². The van der Waals surface area contributed by atoms with Crippen molar-refractivity contribution in [2.45, 2.75) is 20.3 Å². The Bertz CT molecular complexity index is 1030. The topological polar surface area (TPSA) is 84.1 Å². The number of carbonyl (C=O) groups is 1. The summed E-state index contributed by atoms with van der Waals surface area (Å²) < 4.78 is 5.62. The molecule has 0 unspecified atom stereocenters. The van der Waals surface area contributed by atoms with E-state index in [4.69, 9.17) is 16.3 Å². The fraction of sp³-hybridized carbons (Fsp3) is 0.250. The third-order valence-corrected chi connectivity index (χ3v) is 4.19. The lowest BCUT2D eigenvalue weighted by molar-refractivity contribution is -0.115. The summed E-state index contributed by atoms with van der Waals surface area (Å²) in [5.41, 5.74) is 0.792. The summed E-state index contributed by atoms with van der Waals surface area (Å²) in [6.45, 7) is 4.67. The summed E-state index contributed by atoms with van der Waals surface area (Å²) in [5.74, 6) is 0.711. The minimum absolute atomic E-state index is 0.0283. The highest BCUT2D eigenvalue weighted by Gasteiger charge is 2.12. The summed E-state index contributed by atoms with van der Waals surface area (Å²) in [4.78, 5) is 24.2. The predicted octanol–water partition coefficient (Wildman–Crippen LogP) is 3.79. The molecule has 7 heteroatoms. The molecular weight excluding hydrogens is 366 g/mol. The van der Waals surface area contributed by atoms with Crippen molar-refractivity contribution in [3.8, 4) is 5.75 Å². The molecule has 0 saturated heterocycles. The van der Waals surface area contributed by atoms with Gasteiger partial charge in [-0.3, -0.25) is 9.59 Å². The molecule has 0 spiro atoms. The highest BCUT2D eigenvalue weighted by molar-refractivity contribution is 6.32. The molecule has 1 aromatic heterocycles. The summed E-state index contributed by atoms with van der Waals surface area (Å²) in [7, 11) is 0. The van der Waals surface area contributed by atoms with E-state index >= 15 is 0 Å². The Morgan fingerprint density at radius 1 is 1.22 bits per heavy atom. The smallest absolute Gasteiger partial charge is 0.272 e. The third-order valence-electron chi connectivity index (χ3n) is 3.89. The number of aromatic amines is 1. The minimum Gasteiger partial charge on any atom is -0.492 e. The molecule has 1 heterocycles. The van der Waals surface area contributed by atoms with Gasteiger partial charge in [0.1, 0.15) is 5.75 Å². The SMILES string of the molecule is CC(C)COc1ccc(NC(=O)Cc2n[nH]c(=O)c3ccccc23)cc1Cl. The number of nitrogens with zero attached hydrogens (tertiary/aromatic N) is 1. The van der Waals surface area contributed by atoms with E-state index in [1.54, 1.807) is 42.5 Å². The van der Waals surface area contributed by atoms with Crippen molar-refractivity contribution in [1.29, 1.82) is 0 Å². The molecule has 27 heavy (non-hydrogen) atoms. The molecule has 140 valence electrons. The van der Waals surface area contributed by atoms with Crippen LogP contribution in [0, 0.1) is 5.92 Å². The van der Waals surface area contributed by atoms with Crippen LogP contribution in [-0.2, 0) is 11.2 Å². The fourth-order valence-electron chi connectivity index (χ4n) is 2.62. The first kappa shape index (κ1) is 18.9.